The summed E-state index contributed by atoms with van der Waals surface area (Å²) in [5.74, 6) is -0.162. The molecule has 0 heterocycles. The molecule has 21 heavy (non-hydrogen) atoms. The summed E-state index contributed by atoms with van der Waals surface area (Å²) < 4.78 is 24.2. The van der Waals surface area contributed by atoms with Crippen molar-refractivity contribution in [3.05, 3.63) is 29.3 Å². The number of rotatable bonds is 8. The van der Waals surface area contributed by atoms with Crippen molar-refractivity contribution in [1.29, 1.82) is 0 Å². The van der Waals surface area contributed by atoms with Crippen LogP contribution >= 0.6 is 0 Å². The summed E-state index contributed by atoms with van der Waals surface area (Å²) in [6.07, 6.45) is 1.65. The molecule has 0 aliphatic rings. The third-order valence-electron chi connectivity index (χ3n) is 2.79. The van der Waals surface area contributed by atoms with E-state index in [4.69, 9.17) is 0 Å². The van der Waals surface area contributed by atoms with Crippen LogP contribution < -0.4 is 15.4 Å². The number of amides is 1. The van der Waals surface area contributed by atoms with E-state index in [1.165, 1.54) is 0 Å². The molecule has 1 aromatic carbocycles. The number of anilines is 1. The van der Waals surface area contributed by atoms with Crippen LogP contribution in [-0.2, 0) is 10.0 Å². The van der Waals surface area contributed by atoms with Crippen molar-refractivity contribution in [2.24, 2.45) is 0 Å². The fourth-order valence-corrected chi connectivity index (χ4v) is 2.35. The van der Waals surface area contributed by atoms with Crippen molar-refractivity contribution >= 4 is 21.6 Å². The number of carbonyl (C=O) groups excluding carboxylic acids is 1. The molecule has 3 N–H and O–H groups in total. The van der Waals surface area contributed by atoms with Gasteiger partial charge in [-0.15, -0.1) is 0 Å². The average Bonchev–Trinajstić information content (AvgIpc) is 2.37. The molecule has 118 valence electrons. The van der Waals surface area contributed by atoms with E-state index in [0.717, 1.165) is 24.1 Å². The lowest BCUT2D eigenvalue weighted by atomic mass is 10.1. The Morgan fingerprint density at radius 1 is 1.24 bits per heavy atom. The number of carbonyl (C=O) groups is 1. The fraction of sp³-hybridized carbons (Fsp3) is 0.500. The van der Waals surface area contributed by atoms with Gasteiger partial charge in [-0.3, -0.25) is 4.79 Å². The third kappa shape index (κ3) is 6.59. The predicted molar refractivity (Wildman–Crippen MR) is 85.1 cm³/mol. The second-order valence-electron chi connectivity index (χ2n) is 4.86. The van der Waals surface area contributed by atoms with Gasteiger partial charge in [0.2, 0.25) is 10.0 Å². The summed E-state index contributed by atoms with van der Waals surface area (Å²) in [7, 11) is -3.17. The van der Waals surface area contributed by atoms with E-state index in [1.807, 2.05) is 26.0 Å². The zero-order chi connectivity index (χ0) is 15.9. The van der Waals surface area contributed by atoms with Gasteiger partial charge in [0.05, 0.1) is 11.8 Å². The van der Waals surface area contributed by atoms with Gasteiger partial charge in [-0.2, -0.15) is 0 Å². The third-order valence-corrected chi connectivity index (χ3v) is 3.52. The normalized spacial score (nSPS) is 11.2. The summed E-state index contributed by atoms with van der Waals surface area (Å²) in [6.45, 7) is 5.41. The minimum Gasteiger partial charge on any atom is -0.385 e. The molecule has 1 amide bonds. The summed E-state index contributed by atoms with van der Waals surface area (Å²) in [6, 6.07) is 5.61. The Labute approximate surface area is 126 Å². The van der Waals surface area contributed by atoms with Crippen LogP contribution in [0.4, 0.5) is 5.69 Å². The predicted octanol–water partition coefficient (Wildman–Crippen LogP) is 1.10. The van der Waals surface area contributed by atoms with E-state index in [2.05, 4.69) is 15.4 Å². The Balaban J connectivity index is 2.52. The van der Waals surface area contributed by atoms with Crippen LogP contribution in [0.1, 0.15) is 29.3 Å². The molecule has 0 aliphatic heterocycles. The number of sulfonamides is 1. The van der Waals surface area contributed by atoms with Crippen LogP contribution in [-0.4, -0.2) is 40.2 Å². The number of benzene rings is 1. The maximum absolute atomic E-state index is 12.1. The lowest BCUT2D eigenvalue weighted by Gasteiger charge is -2.12. The summed E-state index contributed by atoms with van der Waals surface area (Å²) in [5, 5.41) is 5.96. The molecule has 7 heteroatoms. The van der Waals surface area contributed by atoms with Gasteiger partial charge in [0.15, 0.2) is 0 Å². The van der Waals surface area contributed by atoms with Crippen LogP contribution in [0.5, 0.6) is 0 Å². The van der Waals surface area contributed by atoms with Crippen molar-refractivity contribution in [2.75, 3.05) is 31.2 Å². The van der Waals surface area contributed by atoms with Crippen LogP contribution in [0.3, 0.4) is 0 Å². The minimum atomic E-state index is -3.17. The Morgan fingerprint density at radius 3 is 2.57 bits per heavy atom. The Bertz CT molecular complexity index is 585. The Morgan fingerprint density at radius 2 is 1.95 bits per heavy atom. The molecule has 1 rings (SSSR count). The summed E-state index contributed by atoms with van der Waals surface area (Å²) in [4.78, 5) is 12.1. The van der Waals surface area contributed by atoms with E-state index in [9.17, 15) is 13.2 Å². The summed E-state index contributed by atoms with van der Waals surface area (Å²) >= 11 is 0. The van der Waals surface area contributed by atoms with Gasteiger partial charge in [-0.1, -0.05) is 6.07 Å². The summed E-state index contributed by atoms with van der Waals surface area (Å²) in [5.41, 5.74) is 2.49. The second kappa shape index (κ2) is 7.99. The van der Waals surface area contributed by atoms with Gasteiger partial charge in [0.25, 0.3) is 5.91 Å². The lowest BCUT2D eigenvalue weighted by Crippen LogP contribution is -2.29. The zero-order valence-corrected chi connectivity index (χ0v) is 13.5. The van der Waals surface area contributed by atoms with Crippen molar-refractivity contribution in [3.8, 4) is 0 Å². The first-order valence-corrected chi connectivity index (χ1v) is 8.80. The number of hydrogen-bond donors (Lipinski definition) is 3. The highest BCUT2D eigenvalue weighted by Crippen LogP contribution is 2.17. The van der Waals surface area contributed by atoms with Crippen LogP contribution in [0.25, 0.3) is 0 Å². The number of aryl methyl sites for hydroxylation is 1. The molecular weight excluding hydrogens is 290 g/mol. The van der Waals surface area contributed by atoms with Gasteiger partial charge >= 0.3 is 0 Å². The van der Waals surface area contributed by atoms with E-state index < -0.39 is 10.0 Å². The van der Waals surface area contributed by atoms with Crippen LogP contribution in [0.15, 0.2) is 18.2 Å². The maximum Gasteiger partial charge on any atom is 0.253 e. The quantitative estimate of drug-likeness (QED) is 0.627. The van der Waals surface area contributed by atoms with Crippen LogP contribution in [0, 0.1) is 6.92 Å². The first-order valence-electron chi connectivity index (χ1n) is 6.91. The molecule has 0 saturated heterocycles. The van der Waals surface area contributed by atoms with Gasteiger partial charge in [-0.25, -0.2) is 13.1 Å². The topological polar surface area (TPSA) is 87.3 Å². The van der Waals surface area contributed by atoms with Crippen molar-refractivity contribution in [2.45, 2.75) is 20.3 Å². The molecule has 0 atom stereocenters. The molecule has 0 radical (unpaired) electrons. The molecule has 0 unspecified atom stereocenters. The molecule has 6 nitrogen and oxygen atoms in total. The first kappa shape index (κ1) is 17.5. The fourth-order valence-electron chi connectivity index (χ4n) is 1.84. The largest absolute Gasteiger partial charge is 0.385 e. The highest BCUT2D eigenvalue weighted by atomic mass is 32.2. The second-order valence-corrected chi connectivity index (χ2v) is 6.69. The minimum absolute atomic E-state index is 0.162. The lowest BCUT2D eigenvalue weighted by molar-refractivity contribution is 0.0954. The van der Waals surface area contributed by atoms with E-state index in [0.29, 0.717) is 25.1 Å². The van der Waals surface area contributed by atoms with Gasteiger partial charge in [0.1, 0.15) is 0 Å². The highest BCUT2D eigenvalue weighted by Gasteiger charge is 2.10. The molecular formula is C14H23N3O3S. The highest BCUT2D eigenvalue weighted by molar-refractivity contribution is 7.88. The standard InChI is InChI=1S/C14H23N3O3S/c1-4-15-13-10-11(2)6-7-12(13)14(18)16-8-5-9-17-21(3,19)20/h6-7,10,15,17H,4-5,8-9H2,1-3H3,(H,16,18). The first-order chi connectivity index (χ1) is 9.83. The van der Waals surface area contributed by atoms with Gasteiger partial charge in [-0.05, 0) is 38.0 Å². The van der Waals surface area contributed by atoms with E-state index in [1.54, 1.807) is 6.07 Å². The number of nitrogens with one attached hydrogen (secondary N) is 3. The average molecular weight is 313 g/mol. The number of hydrogen-bond acceptors (Lipinski definition) is 4. The molecule has 0 saturated carbocycles. The van der Waals surface area contributed by atoms with Gasteiger partial charge < -0.3 is 10.6 Å². The van der Waals surface area contributed by atoms with Crippen LogP contribution in [0.2, 0.25) is 0 Å². The van der Waals surface area contributed by atoms with Crippen molar-refractivity contribution < 1.29 is 13.2 Å². The van der Waals surface area contributed by atoms with Crippen molar-refractivity contribution in [1.82, 2.24) is 10.0 Å². The Hall–Kier alpha value is -1.60. The molecule has 0 fully saturated rings. The smallest absolute Gasteiger partial charge is 0.253 e. The monoisotopic (exact) mass is 313 g/mol. The molecule has 1 aromatic rings. The molecule has 0 aromatic heterocycles. The molecule has 0 aliphatic carbocycles. The zero-order valence-electron chi connectivity index (χ0n) is 12.7. The molecule has 0 bridgehead atoms. The maximum atomic E-state index is 12.1. The van der Waals surface area contributed by atoms with E-state index >= 15 is 0 Å². The van der Waals surface area contributed by atoms with Crippen molar-refractivity contribution in [3.63, 3.8) is 0 Å². The van der Waals surface area contributed by atoms with E-state index in [-0.39, 0.29) is 5.91 Å². The molecule has 0 spiro atoms. The SMILES string of the molecule is CCNc1cc(C)ccc1C(=O)NCCCNS(C)(=O)=O. The Kier molecular flexibility index (Phi) is 6.64. The van der Waals surface area contributed by atoms with Gasteiger partial charge in [0, 0.05) is 25.3 Å².